The Kier molecular flexibility index (Phi) is 5.85. The van der Waals surface area contributed by atoms with E-state index in [4.69, 9.17) is 4.52 Å². The number of nitrogens with one attached hydrogen (secondary N) is 1. The molecule has 3 aliphatic heterocycles. The SMILES string of the molecule is C[C@@H]1CN(S(=O)(=O)N2CCCC2)CCN1Cc1ccc2onc(N3CCC(=O)NC3=O)c2c1. The highest BCUT2D eigenvalue weighted by Crippen LogP contribution is 2.29. The van der Waals surface area contributed by atoms with Gasteiger partial charge in [-0.1, -0.05) is 11.2 Å². The first-order valence-electron chi connectivity index (χ1n) is 11.3. The molecule has 0 spiro atoms. The van der Waals surface area contributed by atoms with Gasteiger partial charge in [-0.15, -0.1) is 0 Å². The molecule has 3 saturated heterocycles. The number of urea groups is 1. The van der Waals surface area contributed by atoms with E-state index in [1.165, 1.54) is 4.90 Å². The summed E-state index contributed by atoms with van der Waals surface area (Å²) in [5.74, 6) is 0.0936. The minimum Gasteiger partial charge on any atom is -0.354 e. The quantitative estimate of drug-likeness (QED) is 0.687. The second-order valence-corrected chi connectivity index (χ2v) is 10.8. The second-order valence-electron chi connectivity index (χ2n) is 8.88. The average Bonchev–Trinajstić information content (AvgIpc) is 3.46. The highest BCUT2D eigenvalue weighted by molar-refractivity contribution is 7.86. The van der Waals surface area contributed by atoms with E-state index in [1.54, 1.807) is 8.61 Å². The molecular formula is C21H28N6O5S. The molecule has 1 aromatic carbocycles. The van der Waals surface area contributed by atoms with Crippen molar-refractivity contribution in [2.24, 2.45) is 0 Å². The van der Waals surface area contributed by atoms with Gasteiger partial charge in [0.1, 0.15) is 0 Å². The molecule has 0 radical (unpaired) electrons. The summed E-state index contributed by atoms with van der Waals surface area (Å²) in [6, 6.07) is 5.29. The summed E-state index contributed by atoms with van der Waals surface area (Å²) in [5.41, 5.74) is 1.58. The predicted molar refractivity (Wildman–Crippen MR) is 121 cm³/mol. The third-order valence-corrected chi connectivity index (χ3v) is 8.66. The van der Waals surface area contributed by atoms with Crippen LogP contribution in [0, 0.1) is 0 Å². The van der Waals surface area contributed by atoms with Gasteiger partial charge in [-0.05, 0) is 37.5 Å². The Hall–Kier alpha value is -2.54. The van der Waals surface area contributed by atoms with Crippen molar-refractivity contribution in [1.82, 2.24) is 24.0 Å². The highest BCUT2D eigenvalue weighted by atomic mass is 32.2. The standard InChI is InChI=1S/C21H28N6O5S/c1-15-13-26(33(30,31)25-7-2-3-8-25)11-10-24(15)14-16-4-5-18-17(12-16)20(23-32-18)27-9-6-19(28)22-21(27)29/h4-5,12,15H,2-3,6-11,13-14H2,1H3,(H,22,28,29)/t15-/m1/s1. The fourth-order valence-corrected chi connectivity index (χ4v) is 6.52. The van der Waals surface area contributed by atoms with Crippen LogP contribution in [-0.4, -0.2) is 84.3 Å². The van der Waals surface area contributed by atoms with Crippen LogP contribution in [-0.2, 0) is 21.5 Å². The maximum Gasteiger partial charge on any atom is 0.329 e. The number of fused-ring (bicyclic) bond motifs is 1. The van der Waals surface area contributed by atoms with E-state index in [1.807, 2.05) is 25.1 Å². The monoisotopic (exact) mass is 476 g/mol. The maximum atomic E-state index is 12.9. The lowest BCUT2D eigenvalue weighted by atomic mass is 10.1. The number of carbonyl (C=O) groups excluding carboxylic acids is 2. The lowest BCUT2D eigenvalue weighted by Crippen LogP contribution is -2.55. The minimum absolute atomic E-state index is 0.0626. The number of hydrogen-bond acceptors (Lipinski definition) is 7. The molecule has 1 atom stereocenters. The molecule has 0 bridgehead atoms. The van der Waals surface area contributed by atoms with Gasteiger partial charge in [0.15, 0.2) is 11.4 Å². The number of imide groups is 1. The third kappa shape index (κ3) is 4.23. The minimum atomic E-state index is -3.39. The number of benzene rings is 1. The van der Waals surface area contributed by atoms with E-state index in [9.17, 15) is 18.0 Å². The van der Waals surface area contributed by atoms with Gasteiger partial charge in [0.05, 0.1) is 5.39 Å². The molecule has 12 heteroatoms. The van der Waals surface area contributed by atoms with Gasteiger partial charge >= 0.3 is 6.03 Å². The summed E-state index contributed by atoms with van der Waals surface area (Å²) in [6.45, 7) is 5.73. The van der Waals surface area contributed by atoms with Crippen LogP contribution in [0.4, 0.5) is 10.6 Å². The number of nitrogens with zero attached hydrogens (tertiary/aromatic N) is 5. The van der Waals surface area contributed by atoms with Crippen molar-refractivity contribution in [2.45, 2.75) is 38.8 Å². The van der Waals surface area contributed by atoms with E-state index in [0.29, 0.717) is 56.1 Å². The zero-order valence-corrected chi connectivity index (χ0v) is 19.4. The van der Waals surface area contributed by atoms with Crippen molar-refractivity contribution in [1.29, 1.82) is 0 Å². The Bertz CT molecular complexity index is 1180. The maximum absolute atomic E-state index is 12.9. The van der Waals surface area contributed by atoms with E-state index < -0.39 is 16.2 Å². The molecule has 0 saturated carbocycles. The van der Waals surface area contributed by atoms with Crippen LogP contribution in [0.1, 0.15) is 31.7 Å². The van der Waals surface area contributed by atoms with Crippen molar-refractivity contribution >= 4 is 38.9 Å². The van der Waals surface area contributed by atoms with Crippen molar-refractivity contribution in [3.63, 3.8) is 0 Å². The summed E-state index contributed by atoms with van der Waals surface area (Å²) in [5, 5.41) is 7.07. The summed E-state index contributed by atoms with van der Waals surface area (Å²) < 4.78 is 34.4. The molecule has 1 aromatic heterocycles. The lowest BCUT2D eigenvalue weighted by molar-refractivity contribution is -0.120. The van der Waals surface area contributed by atoms with E-state index in [-0.39, 0.29) is 24.9 Å². The number of carbonyl (C=O) groups is 2. The Morgan fingerprint density at radius 3 is 2.61 bits per heavy atom. The van der Waals surface area contributed by atoms with E-state index in [0.717, 1.165) is 18.4 Å². The average molecular weight is 477 g/mol. The van der Waals surface area contributed by atoms with Crippen molar-refractivity contribution in [3.8, 4) is 0 Å². The molecule has 0 unspecified atom stereocenters. The third-order valence-electron chi connectivity index (χ3n) is 6.66. The van der Waals surface area contributed by atoms with Crippen molar-refractivity contribution in [3.05, 3.63) is 23.8 Å². The first-order valence-corrected chi connectivity index (χ1v) is 12.7. The van der Waals surface area contributed by atoms with Gasteiger partial charge in [0.25, 0.3) is 10.2 Å². The smallest absolute Gasteiger partial charge is 0.329 e. The van der Waals surface area contributed by atoms with Crippen molar-refractivity contribution in [2.75, 3.05) is 44.2 Å². The molecule has 11 nitrogen and oxygen atoms in total. The molecule has 33 heavy (non-hydrogen) atoms. The van der Waals surface area contributed by atoms with Gasteiger partial charge in [0.2, 0.25) is 5.91 Å². The molecule has 178 valence electrons. The summed E-state index contributed by atoms with van der Waals surface area (Å²) in [6.07, 6.45) is 2.07. The van der Waals surface area contributed by atoms with Crippen LogP contribution < -0.4 is 10.2 Å². The lowest BCUT2D eigenvalue weighted by Gasteiger charge is -2.40. The first-order chi connectivity index (χ1) is 15.8. The largest absolute Gasteiger partial charge is 0.354 e. The molecule has 2 aromatic rings. The molecule has 3 aliphatic rings. The molecule has 0 aliphatic carbocycles. The van der Waals surface area contributed by atoms with Crippen LogP contribution >= 0.6 is 0 Å². The van der Waals surface area contributed by atoms with Gasteiger partial charge in [-0.3, -0.25) is 19.9 Å². The number of hydrogen-bond donors (Lipinski definition) is 1. The van der Waals surface area contributed by atoms with Gasteiger partial charge in [-0.25, -0.2) is 4.79 Å². The number of anilines is 1. The van der Waals surface area contributed by atoms with Crippen LogP contribution in [0.15, 0.2) is 22.7 Å². The summed E-state index contributed by atoms with van der Waals surface area (Å²) >= 11 is 0. The molecule has 3 fully saturated rings. The number of piperazine rings is 1. The topological polar surface area (TPSA) is 119 Å². The summed E-state index contributed by atoms with van der Waals surface area (Å²) in [4.78, 5) is 27.4. The van der Waals surface area contributed by atoms with Crippen LogP contribution in [0.5, 0.6) is 0 Å². The Balaban J connectivity index is 1.30. The molecular weight excluding hydrogens is 448 g/mol. The Labute approximate surface area is 192 Å². The van der Waals surface area contributed by atoms with Crippen molar-refractivity contribution < 1.29 is 22.5 Å². The van der Waals surface area contributed by atoms with Crippen LogP contribution in [0.2, 0.25) is 0 Å². The Morgan fingerprint density at radius 1 is 1.09 bits per heavy atom. The van der Waals surface area contributed by atoms with Crippen LogP contribution in [0.25, 0.3) is 11.0 Å². The van der Waals surface area contributed by atoms with Gasteiger partial charge < -0.3 is 4.52 Å². The molecule has 5 rings (SSSR count). The Morgan fingerprint density at radius 2 is 1.88 bits per heavy atom. The van der Waals surface area contributed by atoms with Gasteiger partial charge in [-0.2, -0.15) is 17.0 Å². The summed E-state index contributed by atoms with van der Waals surface area (Å²) in [7, 11) is -3.39. The fraction of sp³-hybridized carbons (Fsp3) is 0.571. The molecule has 4 heterocycles. The number of rotatable bonds is 5. The number of aromatic nitrogens is 1. The number of amides is 3. The predicted octanol–water partition coefficient (Wildman–Crippen LogP) is 1.12. The second kappa shape index (κ2) is 8.67. The zero-order valence-electron chi connectivity index (χ0n) is 18.6. The van der Waals surface area contributed by atoms with Gasteiger partial charge in [0, 0.05) is 58.3 Å². The highest BCUT2D eigenvalue weighted by Gasteiger charge is 2.36. The normalized spacial score (nSPS) is 24.0. The van der Waals surface area contributed by atoms with E-state index in [2.05, 4.69) is 15.4 Å². The fourth-order valence-electron chi connectivity index (χ4n) is 4.76. The van der Waals surface area contributed by atoms with E-state index >= 15 is 0 Å². The van der Waals surface area contributed by atoms with Crippen LogP contribution in [0.3, 0.4) is 0 Å². The first kappa shape index (κ1) is 22.3. The molecule has 3 amide bonds. The molecule has 1 N–H and O–H groups in total. The zero-order chi connectivity index (χ0) is 23.2.